The Balaban J connectivity index is 2.16. The van der Waals surface area contributed by atoms with Crippen molar-refractivity contribution in [1.29, 1.82) is 0 Å². The molecule has 1 atom stereocenters. The Morgan fingerprint density at radius 2 is 2.35 bits per heavy atom. The largest absolute Gasteiger partial charge is 0.375 e. The van der Waals surface area contributed by atoms with Gasteiger partial charge in [0.2, 0.25) is 0 Å². The van der Waals surface area contributed by atoms with E-state index >= 15 is 0 Å². The molecule has 0 radical (unpaired) electrons. The molecule has 1 aromatic heterocycles. The van der Waals surface area contributed by atoms with Gasteiger partial charge in [-0.15, -0.1) is 11.3 Å². The smallest absolute Gasteiger partial charge is 0.181 e. The van der Waals surface area contributed by atoms with Gasteiger partial charge in [0.25, 0.3) is 0 Å². The maximum absolute atomic E-state index is 12.5. The van der Waals surface area contributed by atoms with E-state index < -0.39 is 5.41 Å². The van der Waals surface area contributed by atoms with E-state index in [1.165, 1.54) is 11.3 Å². The summed E-state index contributed by atoms with van der Waals surface area (Å²) in [4.78, 5) is 13.3. The lowest BCUT2D eigenvalue weighted by atomic mass is 9.80. The molecule has 1 aliphatic rings. The second-order valence-electron chi connectivity index (χ2n) is 5.10. The Labute approximate surface area is 106 Å². The number of aryl methyl sites for hydroxylation is 1. The number of hydrogen-bond acceptors (Lipinski definition) is 4. The molecule has 0 saturated carbocycles. The van der Waals surface area contributed by atoms with E-state index in [1.54, 1.807) is 0 Å². The van der Waals surface area contributed by atoms with Crippen molar-refractivity contribution >= 4 is 17.1 Å². The summed E-state index contributed by atoms with van der Waals surface area (Å²) in [6, 6.07) is 1.96. The van der Waals surface area contributed by atoms with E-state index in [0.29, 0.717) is 6.61 Å². The molecule has 2 heterocycles. The van der Waals surface area contributed by atoms with Crippen LogP contribution >= 0.6 is 11.3 Å². The van der Waals surface area contributed by atoms with Crippen LogP contribution in [0.2, 0.25) is 0 Å². The molecule has 0 spiro atoms. The summed E-state index contributed by atoms with van der Waals surface area (Å²) >= 11 is 1.52. The van der Waals surface area contributed by atoms with Crippen molar-refractivity contribution < 1.29 is 9.53 Å². The summed E-state index contributed by atoms with van der Waals surface area (Å²) < 4.78 is 5.71. The molecule has 0 aliphatic carbocycles. The van der Waals surface area contributed by atoms with Crippen LogP contribution in [0.5, 0.6) is 0 Å². The molecule has 1 unspecified atom stereocenters. The van der Waals surface area contributed by atoms with Crippen molar-refractivity contribution in [1.82, 2.24) is 5.32 Å². The number of Topliss-reactive ketones (excluding diaryl/α,β-unsaturated/α-hetero) is 1. The minimum absolute atomic E-state index is 0.0360. The van der Waals surface area contributed by atoms with Crippen LogP contribution in [-0.4, -0.2) is 31.6 Å². The molecule has 1 fully saturated rings. The van der Waals surface area contributed by atoms with Gasteiger partial charge in [0, 0.05) is 13.1 Å². The fourth-order valence-corrected chi connectivity index (χ4v) is 3.05. The Hall–Kier alpha value is -0.710. The molecule has 1 aliphatic heterocycles. The number of nitrogens with one attached hydrogen (secondary N) is 1. The normalized spacial score (nSPS) is 21.5. The van der Waals surface area contributed by atoms with Crippen molar-refractivity contribution in [3.8, 4) is 0 Å². The molecular weight excluding hydrogens is 234 g/mol. The van der Waals surface area contributed by atoms with Crippen molar-refractivity contribution in [2.24, 2.45) is 5.41 Å². The summed E-state index contributed by atoms with van der Waals surface area (Å²) in [5.41, 5.74) is 0.682. The first-order valence-corrected chi connectivity index (χ1v) is 6.82. The zero-order valence-electron chi connectivity index (χ0n) is 10.6. The van der Waals surface area contributed by atoms with Gasteiger partial charge in [-0.25, -0.2) is 0 Å². The Bertz CT molecular complexity index is 405. The number of ether oxygens (including phenoxy) is 1. The third kappa shape index (κ3) is 2.59. The summed E-state index contributed by atoms with van der Waals surface area (Å²) in [7, 11) is 0. The quantitative estimate of drug-likeness (QED) is 0.840. The Kier molecular flexibility index (Phi) is 3.66. The minimum Gasteiger partial charge on any atom is -0.375 e. The van der Waals surface area contributed by atoms with Gasteiger partial charge in [-0.1, -0.05) is 0 Å². The molecule has 0 bridgehead atoms. The fourth-order valence-electron chi connectivity index (χ4n) is 2.04. The predicted molar refractivity (Wildman–Crippen MR) is 69.8 cm³/mol. The number of morpholine rings is 1. The number of hydrogen-bond donors (Lipinski definition) is 1. The summed E-state index contributed by atoms with van der Waals surface area (Å²) in [5, 5.41) is 5.30. The molecule has 2 rings (SSSR count). The third-order valence-corrected chi connectivity index (χ3v) is 4.32. The standard InChI is InChI=1S/C13H19NO2S/c1-9-6-10(17-8-9)12(15)13(2,3)11-7-14-4-5-16-11/h6,8,11,14H,4-5,7H2,1-3H3. The monoisotopic (exact) mass is 253 g/mol. The zero-order valence-corrected chi connectivity index (χ0v) is 11.4. The molecule has 1 saturated heterocycles. The van der Waals surface area contributed by atoms with E-state index in [2.05, 4.69) is 5.32 Å². The average Bonchev–Trinajstić information content (AvgIpc) is 2.76. The molecule has 94 valence electrons. The highest BCUT2D eigenvalue weighted by Crippen LogP contribution is 2.31. The van der Waals surface area contributed by atoms with Crippen LogP contribution in [-0.2, 0) is 4.74 Å². The van der Waals surface area contributed by atoms with E-state index in [0.717, 1.165) is 23.5 Å². The highest BCUT2D eigenvalue weighted by Gasteiger charge is 2.39. The number of carbonyl (C=O) groups excluding carboxylic acids is 1. The van der Waals surface area contributed by atoms with Crippen molar-refractivity contribution in [2.75, 3.05) is 19.7 Å². The third-order valence-electron chi connectivity index (χ3n) is 3.27. The lowest BCUT2D eigenvalue weighted by molar-refractivity contribution is -0.0322. The van der Waals surface area contributed by atoms with Gasteiger partial charge in [-0.2, -0.15) is 0 Å². The molecule has 4 heteroatoms. The van der Waals surface area contributed by atoms with Gasteiger partial charge in [-0.05, 0) is 37.8 Å². The van der Waals surface area contributed by atoms with Crippen molar-refractivity contribution in [2.45, 2.75) is 26.9 Å². The molecule has 0 amide bonds. The first kappa shape index (κ1) is 12.7. The molecule has 0 aromatic carbocycles. The van der Waals surface area contributed by atoms with Crippen LogP contribution in [0.3, 0.4) is 0 Å². The van der Waals surface area contributed by atoms with Crippen molar-refractivity contribution in [3.05, 3.63) is 21.9 Å². The van der Waals surface area contributed by atoms with Gasteiger partial charge < -0.3 is 10.1 Å². The summed E-state index contributed by atoms with van der Waals surface area (Å²) in [6.07, 6.45) is -0.0360. The Morgan fingerprint density at radius 1 is 1.59 bits per heavy atom. The second-order valence-corrected chi connectivity index (χ2v) is 6.01. The maximum atomic E-state index is 12.5. The second kappa shape index (κ2) is 4.88. The number of carbonyl (C=O) groups is 1. The maximum Gasteiger partial charge on any atom is 0.181 e. The number of rotatable bonds is 3. The van der Waals surface area contributed by atoms with E-state index in [1.807, 2.05) is 32.2 Å². The average molecular weight is 253 g/mol. The first-order valence-electron chi connectivity index (χ1n) is 5.94. The summed E-state index contributed by atoms with van der Waals surface area (Å²) in [5.74, 6) is 0.185. The first-order chi connectivity index (χ1) is 8.01. The minimum atomic E-state index is -0.468. The van der Waals surface area contributed by atoms with E-state index in [-0.39, 0.29) is 11.9 Å². The summed E-state index contributed by atoms with van der Waals surface area (Å²) in [6.45, 7) is 8.27. The van der Waals surface area contributed by atoms with Gasteiger partial charge >= 0.3 is 0 Å². The van der Waals surface area contributed by atoms with E-state index in [9.17, 15) is 4.79 Å². The van der Waals surface area contributed by atoms with Crippen LogP contribution in [0.4, 0.5) is 0 Å². The topological polar surface area (TPSA) is 38.3 Å². The number of ketones is 1. The Morgan fingerprint density at radius 3 is 2.88 bits per heavy atom. The predicted octanol–water partition coefficient (Wildman–Crippen LogP) is 2.25. The van der Waals surface area contributed by atoms with Crippen LogP contribution < -0.4 is 5.32 Å². The van der Waals surface area contributed by atoms with Crippen LogP contribution in [0.1, 0.15) is 29.1 Å². The van der Waals surface area contributed by atoms with Crippen molar-refractivity contribution in [3.63, 3.8) is 0 Å². The van der Waals surface area contributed by atoms with Crippen LogP contribution in [0.25, 0.3) is 0 Å². The SMILES string of the molecule is Cc1csc(C(=O)C(C)(C)C2CNCCO2)c1. The molecular formula is C13H19NO2S. The van der Waals surface area contributed by atoms with Gasteiger partial charge in [0.05, 0.1) is 23.0 Å². The van der Waals surface area contributed by atoms with Gasteiger partial charge in [0.1, 0.15) is 0 Å². The molecule has 3 nitrogen and oxygen atoms in total. The lowest BCUT2D eigenvalue weighted by Crippen LogP contribution is -2.49. The highest BCUT2D eigenvalue weighted by atomic mass is 32.1. The fraction of sp³-hybridized carbons (Fsp3) is 0.615. The molecule has 17 heavy (non-hydrogen) atoms. The highest BCUT2D eigenvalue weighted by molar-refractivity contribution is 7.12. The van der Waals surface area contributed by atoms with Crippen LogP contribution in [0.15, 0.2) is 11.4 Å². The van der Waals surface area contributed by atoms with Gasteiger partial charge in [-0.3, -0.25) is 4.79 Å². The zero-order chi connectivity index (χ0) is 12.5. The van der Waals surface area contributed by atoms with Gasteiger partial charge in [0.15, 0.2) is 5.78 Å². The van der Waals surface area contributed by atoms with Crippen LogP contribution in [0, 0.1) is 12.3 Å². The molecule has 1 aromatic rings. The number of thiophene rings is 1. The lowest BCUT2D eigenvalue weighted by Gasteiger charge is -2.35. The molecule has 1 N–H and O–H groups in total. The van der Waals surface area contributed by atoms with E-state index in [4.69, 9.17) is 4.74 Å².